The van der Waals surface area contributed by atoms with E-state index in [-0.39, 0.29) is 21.9 Å². The van der Waals surface area contributed by atoms with Gasteiger partial charge in [0.05, 0.1) is 31.9 Å². The van der Waals surface area contributed by atoms with Crippen molar-refractivity contribution < 1.29 is 16.8 Å². The third-order valence-corrected chi connectivity index (χ3v) is 14.0. The van der Waals surface area contributed by atoms with Crippen molar-refractivity contribution in [3.63, 3.8) is 0 Å². The largest absolute Gasteiger partial charge is 0.365 e. The molecule has 2 fully saturated rings. The Balaban J connectivity index is 0.000000148. The van der Waals surface area contributed by atoms with Crippen LogP contribution >= 0.6 is 11.6 Å². The normalized spacial score (nSPS) is 17.3. The molecule has 0 spiro atoms. The molecule has 290 valence electrons. The minimum absolute atomic E-state index is 0.151. The van der Waals surface area contributed by atoms with Crippen LogP contribution in [0.5, 0.6) is 0 Å². The zero-order valence-electron chi connectivity index (χ0n) is 30.6. The number of nitrogens with zero attached hydrogens (tertiary/aromatic N) is 4. The Kier molecular flexibility index (Phi) is 9.83. The van der Waals surface area contributed by atoms with Crippen LogP contribution in [-0.4, -0.2) is 73.0 Å². The van der Waals surface area contributed by atoms with Gasteiger partial charge in [0.2, 0.25) is 0 Å². The predicted octanol–water partition coefficient (Wildman–Crippen LogP) is 7.05. The van der Waals surface area contributed by atoms with Crippen molar-refractivity contribution >= 4 is 86.9 Å². The van der Waals surface area contributed by atoms with E-state index in [2.05, 4.69) is 21.3 Å². The molecule has 0 radical (unpaired) electrons. The van der Waals surface area contributed by atoms with Gasteiger partial charge in [-0.25, -0.2) is 34.7 Å². The van der Waals surface area contributed by atoms with Gasteiger partial charge in [-0.05, 0) is 80.5 Å². The number of aromatic nitrogens is 4. The second-order valence-corrected chi connectivity index (χ2v) is 18.2. The second kappa shape index (κ2) is 15.1. The number of fused-ring (bicyclic) bond motifs is 6. The van der Waals surface area contributed by atoms with Crippen LogP contribution in [0.1, 0.15) is 12.8 Å². The molecule has 4 aromatic carbocycles. The van der Waals surface area contributed by atoms with Crippen molar-refractivity contribution in [1.82, 2.24) is 28.5 Å². The van der Waals surface area contributed by atoms with Crippen LogP contribution in [0.4, 0.5) is 11.6 Å². The first kappa shape index (κ1) is 37.1. The van der Waals surface area contributed by atoms with Gasteiger partial charge in [0.15, 0.2) is 0 Å². The Bertz CT molecular complexity index is 3000. The van der Waals surface area contributed by atoms with Crippen molar-refractivity contribution in [2.45, 2.75) is 34.7 Å². The lowest BCUT2D eigenvalue weighted by Gasteiger charge is -2.15. The molecule has 8 aromatic rings. The summed E-state index contributed by atoms with van der Waals surface area (Å²) in [6, 6.07) is 34.3. The molecule has 2 aliphatic heterocycles. The molecule has 2 unspecified atom stereocenters. The van der Waals surface area contributed by atoms with Gasteiger partial charge in [-0.1, -0.05) is 72.3 Å². The maximum atomic E-state index is 13.4. The zero-order valence-corrected chi connectivity index (χ0v) is 33.0. The Morgan fingerprint density at radius 3 is 1.53 bits per heavy atom. The summed E-state index contributed by atoms with van der Waals surface area (Å²) in [6.07, 6.45) is 5.23. The summed E-state index contributed by atoms with van der Waals surface area (Å²) >= 11 is 6.05. The number of benzene rings is 4. The van der Waals surface area contributed by atoms with Crippen LogP contribution in [0, 0.1) is 0 Å². The lowest BCUT2D eigenvalue weighted by atomic mass is 10.1. The monoisotopic (exact) mass is 818 g/mol. The highest BCUT2D eigenvalue weighted by Crippen LogP contribution is 2.35. The molecule has 2 saturated heterocycles. The molecule has 0 bridgehead atoms. The Hall–Kier alpha value is -5.51. The average Bonchev–Trinajstić information content (AvgIpc) is 4.07. The highest BCUT2D eigenvalue weighted by molar-refractivity contribution is 7.90. The maximum absolute atomic E-state index is 13.4. The Morgan fingerprint density at radius 1 is 0.561 bits per heavy atom. The van der Waals surface area contributed by atoms with Gasteiger partial charge in [0, 0.05) is 64.1 Å². The first-order valence-corrected chi connectivity index (χ1v) is 22.0. The van der Waals surface area contributed by atoms with Crippen LogP contribution < -0.4 is 21.3 Å². The van der Waals surface area contributed by atoms with Gasteiger partial charge >= 0.3 is 0 Å². The maximum Gasteiger partial charge on any atom is 0.268 e. The molecule has 4 aromatic heterocycles. The van der Waals surface area contributed by atoms with E-state index >= 15 is 0 Å². The lowest BCUT2D eigenvalue weighted by Crippen LogP contribution is -2.22. The summed E-state index contributed by atoms with van der Waals surface area (Å²) in [4.78, 5) is 9.99. The van der Waals surface area contributed by atoms with Crippen LogP contribution in [-0.2, 0) is 20.0 Å². The van der Waals surface area contributed by atoms with E-state index in [1.54, 1.807) is 54.9 Å². The summed E-state index contributed by atoms with van der Waals surface area (Å²) in [7, 11) is -7.52. The molecule has 57 heavy (non-hydrogen) atoms. The first-order chi connectivity index (χ1) is 27.7. The van der Waals surface area contributed by atoms with E-state index < -0.39 is 20.0 Å². The van der Waals surface area contributed by atoms with E-state index in [9.17, 15) is 16.8 Å². The summed E-state index contributed by atoms with van der Waals surface area (Å²) in [5, 5.41) is 17.2. The number of para-hydroxylation sites is 2. The van der Waals surface area contributed by atoms with Gasteiger partial charge in [-0.3, -0.25) is 0 Å². The zero-order chi connectivity index (χ0) is 39.1. The fourth-order valence-electron chi connectivity index (χ4n) is 7.65. The van der Waals surface area contributed by atoms with Gasteiger partial charge in [0.1, 0.15) is 11.6 Å². The first-order valence-electron chi connectivity index (χ1n) is 18.7. The van der Waals surface area contributed by atoms with Gasteiger partial charge in [-0.15, -0.1) is 0 Å². The number of rotatable bonds is 8. The number of anilines is 2. The van der Waals surface area contributed by atoms with E-state index in [1.165, 1.54) is 14.0 Å². The molecule has 0 amide bonds. The minimum Gasteiger partial charge on any atom is -0.365 e. The number of nitrogens with one attached hydrogen (secondary N) is 4. The fraction of sp³-hybridized carbons (Fsp3) is 0.190. The smallest absolute Gasteiger partial charge is 0.268 e. The number of hydrogen-bond donors (Lipinski definition) is 4. The van der Waals surface area contributed by atoms with Crippen LogP contribution in [0.2, 0.25) is 5.02 Å². The van der Waals surface area contributed by atoms with Gasteiger partial charge < -0.3 is 21.3 Å². The van der Waals surface area contributed by atoms with Crippen LogP contribution in [0.15, 0.2) is 137 Å². The molecule has 12 nitrogen and oxygen atoms in total. The number of halogens is 1. The second-order valence-electron chi connectivity index (χ2n) is 14.2. The van der Waals surface area contributed by atoms with Crippen LogP contribution in [0.3, 0.4) is 0 Å². The lowest BCUT2D eigenvalue weighted by molar-refractivity contribution is 0.587. The highest BCUT2D eigenvalue weighted by atomic mass is 35.5. The minimum atomic E-state index is -3.82. The fourth-order valence-corrected chi connectivity index (χ4v) is 10.7. The quantitative estimate of drug-likeness (QED) is 0.126. The molecule has 6 heterocycles. The van der Waals surface area contributed by atoms with Crippen molar-refractivity contribution in [1.29, 1.82) is 0 Å². The molecule has 0 aliphatic carbocycles. The van der Waals surface area contributed by atoms with Gasteiger partial charge in [-0.2, -0.15) is 0 Å². The molecule has 2 aliphatic rings. The summed E-state index contributed by atoms with van der Waals surface area (Å²) in [6.45, 7) is 3.66. The average molecular weight is 819 g/mol. The van der Waals surface area contributed by atoms with Crippen molar-refractivity contribution in [2.24, 2.45) is 0 Å². The summed E-state index contributed by atoms with van der Waals surface area (Å²) in [5.74, 6) is 1.43. The predicted molar refractivity (Wildman–Crippen MR) is 227 cm³/mol. The summed E-state index contributed by atoms with van der Waals surface area (Å²) < 4.78 is 56.2. The molecule has 2 atom stereocenters. The number of pyridine rings is 2. The molecule has 4 N–H and O–H groups in total. The van der Waals surface area contributed by atoms with E-state index in [0.717, 1.165) is 77.4 Å². The van der Waals surface area contributed by atoms with Crippen molar-refractivity contribution in [3.05, 3.63) is 133 Å². The molecule has 15 heteroatoms. The standard InChI is InChI=1S/C21H19ClN4O2S.C21H20N4O2S/c22-14-4-3-5-16(12-14)29(27,28)26-11-9-18-20(26)17-6-1-2-7-19(17)25-21(18)24-15-8-10-23-13-15;26-28(27,16-6-2-1-3-7-16)25-13-11-18-20(25)17-8-4-5-9-19(17)24-21(18)23-15-10-12-22-14-15/h1-7,9,11-12,15,23H,8,10,13H2,(H,24,25);1-9,11,13,15,22H,10,12,14H2,(H,23,24). The Labute approximate surface area is 335 Å². The third kappa shape index (κ3) is 6.97. The summed E-state index contributed by atoms with van der Waals surface area (Å²) in [5.41, 5.74) is 2.79. The SMILES string of the molecule is O=S(=O)(c1cccc(Cl)c1)n1ccc2c(NC3CCNC3)nc3ccccc3c21.O=S(=O)(c1ccccc1)n1ccc2c(NC3CCNC3)nc3ccccc3c21. The van der Waals surface area contributed by atoms with Gasteiger partial charge in [0.25, 0.3) is 20.0 Å². The third-order valence-electron chi connectivity index (χ3n) is 10.5. The van der Waals surface area contributed by atoms with Crippen molar-refractivity contribution in [3.8, 4) is 0 Å². The number of hydrogen-bond acceptors (Lipinski definition) is 10. The molecular formula is C42H39ClN8O4S2. The topological polar surface area (TPSA) is 152 Å². The molecule has 0 saturated carbocycles. The van der Waals surface area contributed by atoms with Crippen molar-refractivity contribution in [2.75, 3.05) is 36.8 Å². The van der Waals surface area contributed by atoms with E-state index in [1.807, 2.05) is 66.7 Å². The van der Waals surface area contributed by atoms with E-state index in [0.29, 0.717) is 21.9 Å². The molecule has 10 rings (SSSR count). The Morgan fingerprint density at radius 2 is 1.04 bits per heavy atom. The highest BCUT2D eigenvalue weighted by Gasteiger charge is 2.26. The van der Waals surface area contributed by atoms with E-state index in [4.69, 9.17) is 21.6 Å². The molecular weight excluding hydrogens is 780 g/mol. The van der Waals surface area contributed by atoms with Crippen LogP contribution in [0.25, 0.3) is 43.6 Å².